The van der Waals surface area contributed by atoms with Gasteiger partial charge in [-0.15, -0.1) is 0 Å². The molecule has 0 aromatic heterocycles. The van der Waals surface area contributed by atoms with Crippen molar-refractivity contribution in [3.05, 3.63) is 69.2 Å². The lowest BCUT2D eigenvalue weighted by atomic mass is 9.91. The molecular formula is C17H19Cl2N. The number of nitrogens with two attached hydrogens (primary N) is 1. The Hall–Kier alpha value is -1.02. The van der Waals surface area contributed by atoms with Gasteiger partial charge in [-0.2, -0.15) is 0 Å². The van der Waals surface area contributed by atoms with Gasteiger partial charge in [-0.3, -0.25) is 0 Å². The van der Waals surface area contributed by atoms with Crippen LogP contribution in [0.4, 0.5) is 0 Å². The van der Waals surface area contributed by atoms with Crippen LogP contribution in [-0.4, -0.2) is 6.54 Å². The maximum Gasteiger partial charge on any atom is 0.0456 e. The van der Waals surface area contributed by atoms with Crippen LogP contribution in [-0.2, 0) is 12.8 Å². The first-order valence-corrected chi connectivity index (χ1v) is 7.63. The summed E-state index contributed by atoms with van der Waals surface area (Å²) in [5.41, 5.74) is 9.49. The maximum absolute atomic E-state index is 6.28. The van der Waals surface area contributed by atoms with Gasteiger partial charge in [0.15, 0.2) is 0 Å². The fraction of sp³-hybridized carbons (Fsp3) is 0.294. The quantitative estimate of drug-likeness (QED) is 0.840. The number of benzene rings is 2. The van der Waals surface area contributed by atoms with Crippen LogP contribution < -0.4 is 5.73 Å². The van der Waals surface area contributed by atoms with Gasteiger partial charge in [0.2, 0.25) is 0 Å². The van der Waals surface area contributed by atoms with E-state index in [-0.39, 0.29) is 5.92 Å². The van der Waals surface area contributed by atoms with Crippen LogP contribution in [0.2, 0.25) is 10.0 Å². The molecule has 0 heterocycles. The molecule has 0 radical (unpaired) electrons. The largest absolute Gasteiger partial charge is 0.330 e. The normalized spacial score (nSPS) is 12.4. The Labute approximate surface area is 130 Å². The summed E-state index contributed by atoms with van der Waals surface area (Å²) < 4.78 is 0. The highest BCUT2D eigenvalue weighted by Gasteiger charge is 2.17. The van der Waals surface area contributed by atoms with E-state index in [0.717, 1.165) is 18.4 Å². The summed E-state index contributed by atoms with van der Waals surface area (Å²) in [5.74, 6) is 0.142. The van der Waals surface area contributed by atoms with Gasteiger partial charge in [-0.1, -0.05) is 60.5 Å². The van der Waals surface area contributed by atoms with Gasteiger partial charge in [0.25, 0.3) is 0 Å². The third-order valence-corrected chi connectivity index (χ3v) is 4.26. The molecule has 20 heavy (non-hydrogen) atoms. The van der Waals surface area contributed by atoms with Gasteiger partial charge in [-0.05, 0) is 48.2 Å². The number of hydrogen-bond acceptors (Lipinski definition) is 1. The first-order chi connectivity index (χ1) is 9.65. The summed E-state index contributed by atoms with van der Waals surface area (Å²) in [7, 11) is 0. The van der Waals surface area contributed by atoms with Crippen molar-refractivity contribution >= 4 is 23.2 Å². The Morgan fingerprint density at radius 1 is 0.950 bits per heavy atom. The van der Waals surface area contributed by atoms with Crippen LogP contribution in [0.3, 0.4) is 0 Å². The molecule has 0 aliphatic heterocycles. The fourth-order valence-electron chi connectivity index (χ4n) is 2.40. The summed E-state index contributed by atoms with van der Waals surface area (Å²) >= 11 is 12.6. The molecule has 2 rings (SSSR count). The minimum Gasteiger partial charge on any atom is -0.330 e. The monoisotopic (exact) mass is 307 g/mol. The lowest BCUT2D eigenvalue weighted by Gasteiger charge is -2.18. The molecule has 1 nitrogen and oxygen atoms in total. The van der Waals surface area contributed by atoms with E-state index in [2.05, 4.69) is 31.2 Å². The molecule has 0 amide bonds. The summed E-state index contributed by atoms with van der Waals surface area (Å²) in [5, 5.41) is 1.39. The van der Waals surface area contributed by atoms with Crippen molar-refractivity contribution in [1.29, 1.82) is 0 Å². The van der Waals surface area contributed by atoms with Gasteiger partial charge in [-0.25, -0.2) is 0 Å². The molecule has 0 aliphatic carbocycles. The Morgan fingerprint density at radius 3 is 2.00 bits per heavy atom. The van der Waals surface area contributed by atoms with Gasteiger partial charge in [0, 0.05) is 16.0 Å². The van der Waals surface area contributed by atoms with Gasteiger partial charge >= 0.3 is 0 Å². The van der Waals surface area contributed by atoms with Crippen LogP contribution in [0.5, 0.6) is 0 Å². The minimum atomic E-state index is 0.142. The summed E-state index contributed by atoms with van der Waals surface area (Å²) in [6.45, 7) is 2.68. The zero-order valence-corrected chi connectivity index (χ0v) is 13.1. The standard InChI is InChI=1S/C17H19Cl2N/c1-2-12-6-8-13(9-7-12)10-14(11-20)17-15(18)4-3-5-16(17)19/h3-9,14H,2,10-11,20H2,1H3. The zero-order chi connectivity index (χ0) is 14.5. The number of halogens is 2. The Morgan fingerprint density at radius 2 is 1.50 bits per heavy atom. The van der Waals surface area contributed by atoms with Gasteiger partial charge in [0.1, 0.15) is 0 Å². The molecule has 0 spiro atoms. The molecule has 0 bridgehead atoms. The minimum absolute atomic E-state index is 0.142. The van der Waals surface area contributed by atoms with Crippen molar-refractivity contribution in [2.45, 2.75) is 25.7 Å². The van der Waals surface area contributed by atoms with Crippen molar-refractivity contribution in [1.82, 2.24) is 0 Å². The van der Waals surface area contributed by atoms with E-state index >= 15 is 0 Å². The highest BCUT2D eigenvalue weighted by atomic mass is 35.5. The van der Waals surface area contributed by atoms with E-state index < -0.39 is 0 Å². The van der Waals surface area contributed by atoms with Crippen molar-refractivity contribution in [3.63, 3.8) is 0 Å². The molecule has 0 fully saturated rings. The Balaban J connectivity index is 2.24. The number of aryl methyl sites for hydroxylation is 1. The van der Waals surface area contributed by atoms with E-state index in [9.17, 15) is 0 Å². The Bertz CT molecular complexity index is 543. The molecule has 0 saturated carbocycles. The van der Waals surface area contributed by atoms with Crippen molar-refractivity contribution < 1.29 is 0 Å². The molecule has 0 aliphatic rings. The van der Waals surface area contributed by atoms with Crippen LogP contribution >= 0.6 is 23.2 Å². The molecule has 2 aromatic carbocycles. The molecule has 3 heteroatoms. The molecule has 2 aromatic rings. The molecular weight excluding hydrogens is 289 g/mol. The van der Waals surface area contributed by atoms with Crippen molar-refractivity contribution in [2.75, 3.05) is 6.54 Å². The topological polar surface area (TPSA) is 26.0 Å². The van der Waals surface area contributed by atoms with Crippen LogP contribution in [0.1, 0.15) is 29.5 Å². The van der Waals surface area contributed by atoms with Crippen LogP contribution in [0.25, 0.3) is 0 Å². The Kier molecular flexibility index (Phi) is 5.47. The van der Waals surface area contributed by atoms with E-state index in [1.807, 2.05) is 18.2 Å². The van der Waals surface area contributed by atoms with E-state index in [1.165, 1.54) is 11.1 Å². The second-order valence-electron chi connectivity index (χ2n) is 4.94. The number of rotatable bonds is 5. The molecule has 0 saturated heterocycles. The third kappa shape index (κ3) is 3.54. The summed E-state index contributed by atoms with van der Waals surface area (Å²) in [6, 6.07) is 14.2. The van der Waals surface area contributed by atoms with E-state index in [0.29, 0.717) is 16.6 Å². The highest BCUT2D eigenvalue weighted by molar-refractivity contribution is 6.36. The highest BCUT2D eigenvalue weighted by Crippen LogP contribution is 2.33. The maximum atomic E-state index is 6.28. The average Bonchev–Trinajstić information content (AvgIpc) is 2.46. The molecule has 1 unspecified atom stereocenters. The van der Waals surface area contributed by atoms with Gasteiger partial charge < -0.3 is 5.73 Å². The summed E-state index contributed by atoms with van der Waals surface area (Å²) in [4.78, 5) is 0. The second-order valence-corrected chi connectivity index (χ2v) is 5.76. The van der Waals surface area contributed by atoms with Crippen LogP contribution in [0, 0.1) is 0 Å². The summed E-state index contributed by atoms with van der Waals surface area (Å²) in [6.07, 6.45) is 1.90. The average molecular weight is 308 g/mol. The van der Waals surface area contributed by atoms with Gasteiger partial charge in [0.05, 0.1) is 0 Å². The van der Waals surface area contributed by atoms with Crippen LogP contribution in [0.15, 0.2) is 42.5 Å². The molecule has 1 atom stereocenters. The molecule has 106 valence electrons. The smallest absolute Gasteiger partial charge is 0.0456 e. The second kappa shape index (κ2) is 7.12. The predicted molar refractivity (Wildman–Crippen MR) is 87.8 cm³/mol. The fourth-order valence-corrected chi connectivity index (χ4v) is 3.11. The zero-order valence-electron chi connectivity index (χ0n) is 11.6. The van der Waals surface area contributed by atoms with E-state index in [4.69, 9.17) is 28.9 Å². The third-order valence-electron chi connectivity index (χ3n) is 3.61. The SMILES string of the molecule is CCc1ccc(CC(CN)c2c(Cl)cccc2Cl)cc1. The predicted octanol–water partition coefficient (Wildman–Crippen LogP) is 4.84. The number of hydrogen-bond donors (Lipinski definition) is 1. The first-order valence-electron chi connectivity index (χ1n) is 6.87. The first kappa shape index (κ1) is 15.4. The lowest BCUT2D eigenvalue weighted by molar-refractivity contribution is 0.694. The van der Waals surface area contributed by atoms with Crippen molar-refractivity contribution in [2.24, 2.45) is 5.73 Å². The van der Waals surface area contributed by atoms with E-state index in [1.54, 1.807) is 0 Å². The molecule has 2 N–H and O–H groups in total. The van der Waals surface area contributed by atoms with Crippen molar-refractivity contribution in [3.8, 4) is 0 Å². The lowest BCUT2D eigenvalue weighted by Crippen LogP contribution is -2.16.